The van der Waals surface area contributed by atoms with Gasteiger partial charge in [-0.1, -0.05) is 12.1 Å². The molecule has 3 N–H and O–H groups in total. The molecule has 0 aliphatic heterocycles. The Morgan fingerprint density at radius 1 is 1.10 bits per heavy atom. The average molecular weight is 442 g/mol. The van der Waals surface area contributed by atoms with Crippen molar-refractivity contribution < 1.29 is 10.0 Å². The number of aliphatic hydroxyl groups excluding tert-OH is 1. The van der Waals surface area contributed by atoms with Crippen LogP contribution in [0.4, 0.5) is 11.5 Å². The summed E-state index contributed by atoms with van der Waals surface area (Å²) in [4.78, 5) is 34.0. The Bertz CT molecular complexity index is 942. The molecule has 1 aromatic carbocycles. The summed E-state index contributed by atoms with van der Waals surface area (Å²) in [7, 11) is 3.02. The smallest absolute Gasteiger partial charge is 0.332 e. The van der Waals surface area contributed by atoms with Gasteiger partial charge in [-0.15, -0.1) is 12.4 Å². The number of rotatable bonds is 11. The molecule has 1 aromatic heterocycles. The summed E-state index contributed by atoms with van der Waals surface area (Å²) < 4.78 is 2.42. The number of aromatic nitrogens is 2. The lowest BCUT2D eigenvalue weighted by atomic mass is 10.0. The van der Waals surface area contributed by atoms with Crippen molar-refractivity contribution >= 4 is 23.9 Å². The summed E-state index contributed by atoms with van der Waals surface area (Å²) in [6.07, 6.45) is 2.08. The highest BCUT2D eigenvalue weighted by Crippen LogP contribution is 2.14. The van der Waals surface area contributed by atoms with Gasteiger partial charge in [0.25, 0.3) is 11.2 Å². The van der Waals surface area contributed by atoms with Gasteiger partial charge in [0.1, 0.15) is 5.82 Å². The molecule has 1 heterocycles. The maximum atomic E-state index is 11.9. The largest absolute Gasteiger partial charge is 0.396 e. The molecule has 0 amide bonds. The van der Waals surface area contributed by atoms with Gasteiger partial charge in [0.2, 0.25) is 0 Å². The Morgan fingerprint density at radius 3 is 2.37 bits per heavy atom. The zero-order valence-electron chi connectivity index (χ0n) is 17.0. The number of nitrogens with one attached hydrogen (secondary N) is 2. The molecule has 0 aliphatic rings. The highest BCUT2D eigenvalue weighted by molar-refractivity contribution is 5.85. The summed E-state index contributed by atoms with van der Waals surface area (Å²) in [5, 5.41) is 26.4. The molecule has 0 radical (unpaired) electrons. The fourth-order valence-corrected chi connectivity index (χ4v) is 3.00. The highest BCUT2D eigenvalue weighted by Gasteiger charge is 2.10. The predicted molar refractivity (Wildman–Crippen MR) is 118 cm³/mol. The Labute approximate surface area is 180 Å². The van der Waals surface area contributed by atoms with Gasteiger partial charge in [0.15, 0.2) is 0 Å². The maximum absolute atomic E-state index is 11.9. The number of non-ortho nitro benzene ring substituents is 1. The van der Waals surface area contributed by atoms with Gasteiger partial charge < -0.3 is 15.7 Å². The Morgan fingerprint density at radius 2 is 1.77 bits per heavy atom. The molecule has 11 heteroatoms. The molecule has 166 valence electrons. The monoisotopic (exact) mass is 441 g/mol. The lowest BCUT2D eigenvalue weighted by Crippen LogP contribution is -2.38. The van der Waals surface area contributed by atoms with E-state index in [0.717, 1.165) is 23.0 Å². The van der Waals surface area contributed by atoms with Gasteiger partial charge in [0, 0.05) is 58.0 Å². The Kier molecular flexibility index (Phi) is 10.2. The maximum Gasteiger partial charge on any atom is 0.332 e. The standard InChI is InChI=1S/C19H27N5O5.ClH/c1-22-17(13-18(26)23(2)19(22)27)21-11-10-20-15(9-12-25)6-3-14-4-7-16(8-5-14)24(28)29;/h4-5,7-8,13,15,20-21,25H,3,6,9-12H2,1-2H3;1H. The number of hydrogen-bond acceptors (Lipinski definition) is 7. The van der Waals surface area contributed by atoms with Crippen LogP contribution in [-0.2, 0) is 20.5 Å². The van der Waals surface area contributed by atoms with Gasteiger partial charge in [-0.05, 0) is 24.8 Å². The van der Waals surface area contributed by atoms with E-state index in [0.29, 0.717) is 25.3 Å². The Hall–Kier alpha value is -2.69. The van der Waals surface area contributed by atoms with Crippen LogP contribution >= 0.6 is 12.4 Å². The summed E-state index contributed by atoms with van der Waals surface area (Å²) in [5.41, 5.74) is 0.294. The van der Waals surface area contributed by atoms with Crippen LogP contribution in [0.3, 0.4) is 0 Å². The van der Waals surface area contributed by atoms with Crippen LogP contribution < -0.4 is 21.9 Å². The molecule has 1 unspecified atom stereocenters. The van der Waals surface area contributed by atoms with Crippen LogP contribution in [-0.4, -0.2) is 44.9 Å². The minimum Gasteiger partial charge on any atom is -0.396 e. The molecule has 2 aromatic rings. The van der Waals surface area contributed by atoms with Crippen LogP contribution in [0.2, 0.25) is 0 Å². The normalized spacial score (nSPS) is 11.6. The van der Waals surface area contributed by atoms with Crippen LogP contribution in [0.15, 0.2) is 39.9 Å². The van der Waals surface area contributed by atoms with Gasteiger partial charge in [-0.3, -0.25) is 24.0 Å². The van der Waals surface area contributed by atoms with Crippen LogP contribution in [0.25, 0.3) is 0 Å². The first-order valence-electron chi connectivity index (χ1n) is 9.42. The number of nitro groups is 1. The van der Waals surface area contributed by atoms with E-state index in [2.05, 4.69) is 10.6 Å². The lowest BCUT2D eigenvalue weighted by Gasteiger charge is -2.19. The van der Waals surface area contributed by atoms with Crippen molar-refractivity contribution in [1.29, 1.82) is 0 Å². The fraction of sp³-hybridized carbons (Fsp3) is 0.474. The summed E-state index contributed by atoms with van der Waals surface area (Å²) >= 11 is 0. The molecular formula is C19H28ClN5O5. The fourth-order valence-electron chi connectivity index (χ4n) is 3.00. The van der Waals surface area contributed by atoms with Gasteiger partial charge >= 0.3 is 5.69 Å². The topological polar surface area (TPSA) is 131 Å². The number of aliphatic hydroxyl groups is 1. The van der Waals surface area contributed by atoms with E-state index in [9.17, 15) is 24.8 Å². The van der Waals surface area contributed by atoms with Crippen molar-refractivity contribution in [1.82, 2.24) is 14.5 Å². The van der Waals surface area contributed by atoms with Crippen molar-refractivity contribution in [2.75, 3.05) is 25.0 Å². The predicted octanol–water partition coefficient (Wildman–Crippen LogP) is 0.799. The number of hydrogen-bond donors (Lipinski definition) is 3. The summed E-state index contributed by atoms with van der Waals surface area (Å²) in [5.74, 6) is 0.449. The molecule has 0 saturated carbocycles. The SMILES string of the molecule is Cl.Cn1c(NCCNC(CCO)CCc2ccc([N+](=O)[O-])cc2)cc(=O)n(C)c1=O. The second-order valence-electron chi connectivity index (χ2n) is 6.82. The third-order valence-electron chi connectivity index (χ3n) is 4.80. The number of nitro benzene ring substituents is 1. The Balaban J connectivity index is 0.00000450. The van der Waals surface area contributed by atoms with E-state index in [1.807, 2.05) is 0 Å². The van der Waals surface area contributed by atoms with Gasteiger partial charge in [-0.25, -0.2) is 4.79 Å². The van der Waals surface area contributed by atoms with E-state index < -0.39 is 10.6 Å². The molecule has 0 fully saturated rings. The molecular weight excluding hydrogens is 414 g/mol. The minimum absolute atomic E-state index is 0. The first-order valence-corrected chi connectivity index (χ1v) is 9.42. The second-order valence-corrected chi connectivity index (χ2v) is 6.82. The van der Waals surface area contributed by atoms with Crippen LogP contribution in [0.5, 0.6) is 0 Å². The van der Waals surface area contributed by atoms with Crippen molar-refractivity contribution in [3.8, 4) is 0 Å². The van der Waals surface area contributed by atoms with Crippen molar-refractivity contribution in [2.45, 2.75) is 25.3 Å². The zero-order chi connectivity index (χ0) is 21.4. The van der Waals surface area contributed by atoms with Crippen molar-refractivity contribution in [2.24, 2.45) is 14.1 Å². The summed E-state index contributed by atoms with van der Waals surface area (Å²) in [6.45, 7) is 1.13. The summed E-state index contributed by atoms with van der Waals surface area (Å²) in [6, 6.07) is 7.91. The molecule has 1 atom stereocenters. The number of nitrogens with zero attached hydrogens (tertiary/aromatic N) is 3. The first-order chi connectivity index (χ1) is 13.8. The van der Waals surface area contributed by atoms with E-state index in [4.69, 9.17) is 0 Å². The molecule has 0 aliphatic carbocycles. The van der Waals surface area contributed by atoms with Crippen LogP contribution in [0, 0.1) is 10.1 Å². The van der Waals surface area contributed by atoms with Gasteiger partial charge in [-0.2, -0.15) is 0 Å². The van der Waals surface area contributed by atoms with E-state index in [-0.39, 0.29) is 36.3 Å². The van der Waals surface area contributed by atoms with Crippen molar-refractivity contribution in [3.63, 3.8) is 0 Å². The van der Waals surface area contributed by atoms with Crippen molar-refractivity contribution in [3.05, 3.63) is 66.8 Å². The molecule has 2 rings (SSSR count). The number of benzene rings is 1. The molecule has 0 spiro atoms. The third kappa shape index (κ3) is 6.97. The number of halogens is 1. The quantitative estimate of drug-likeness (QED) is 0.267. The molecule has 0 bridgehead atoms. The average Bonchev–Trinajstić information content (AvgIpc) is 2.71. The first kappa shape index (κ1) is 25.3. The second kappa shape index (κ2) is 12.1. The lowest BCUT2D eigenvalue weighted by molar-refractivity contribution is -0.384. The third-order valence-corrected chi connectivity index (χ3v) is 4.80. The molecule has 30 heavy (non-hydrogen) atoms. The van der Waals surface area contributed by atoms with Gasteiger partial charge in [0.05, 0.1) is 4.92 Å². The van der Waals surface area contributed by atoms with E-state index >= 15 is 0 Å². The molecule has 10 nitrogen and oxygen atoms in total. The van der Waals surface area contributed by atoms with E-state index in [1.165, 1.54) is 29.8 Å². The van der Waals surface area contributed by atoms with E-state index in [1.54, 1.807) is 19.2 Å². The zero-order valence-corrected chi connectivity index (χ0v) is 17.9. The number of anilines is 1. The highest BCUT2D eigenvalue weighted by atomic mass is 35.5. The number of aryl methyl sites for hydroxylation is 1. The minimum atomic E-state index is -0.425. The van der Waals surface area contributed by atoms with Crippen LogP contribution in [0.1, 0.15) is 18.4 Å². The molecule has 0 saturated heterocycles.